The summed E-state index contributed by atoms with van der Waals surface area (Å²) >= 11 is 0. The summed E-state index contributed by atoms with van der Waals surface area (Å²) in [6.45, 7) is 0. The fourth-order valence-corrected chi connectivity index (χ4v) is 4.84. The van der Waals surface area contributed by atoms with Gasteiger partial charge < -0.3 is 11.1 Å². The van der Waals surface area contributed by atoms with Gasteiger partial charge >= 0.3 is 0 Å². The number of fused-ring (bicyclic) bond motifs is 4. The van der Waals surface area contributed by atoms with Gasteiger partial charge in [0.1, 0.15) is 5.69 Å². The summed E-state index contributed by atoms with van der Waals surface area (Å²) in [5, 5.41) is 5.32. The number of rotatable bonds is 5. The molecule has 0 aliphatic heterocycles. The van der Waals surface area contributed by atoms with Crippen LogP contribution in [0.3, 0.4) is 0 Å². The average molecular weight is 483 g/mol. The third-order valence-corrected chi connectivity index (χ3v) is 6.68. The van der Waals surface area contributed by atoms with Gasteiger partial charge in [-0.15, -0.1) is 0 Å². The van der Waals surface area contributed by atoms with Crippen LogP contribution < -0.4 is 11.1 Å². The summed E-state index contributed by atoms with van der Waals surface area (Å²) in [6, 6.07) is 30.2. The van der Waals surface area contributed by atoms with Crippen molar-refractivity contribution in [1.29, 1.82) is 0 Å². The Bertz CT molecular complexity index is 1660. The minimum atomic E-state index is -0.122. The lowest BCUT2D eigenvalue weighted by Crippen LogP contribution is -2.19. The van der Waals surface area contributed by atoms with E-state index in [4.69, 9.17) is 15.7 Å². The Hall–Kier alpha value is -4.77. The highest BCUT2D eigenvalue weighted by atomic mass is 16.1. The van der Waals surface area contributed by atoms with Gasteiger partial charge in [0.15, 0.2) is 5.82 Å². The number of aromatic nitrogens is 2. The summed E-state index contributed by atoms with van der Waals surface area (Å²) in [7, 11) is 0. The van der Waals surface area contributed by atoms with Crippen molar-refractivity contribution in [3.8, 4) is 11.3 Å². The van der Waals surface area contributed by atoms with Crippen LogP contribution in [0.15, 0.2) is 91.0 Å². The molecule has 37 heavy (non-hydrogen) atoms. The Morgan fingerprint density at radius 3 is 2.51 bits per heavy atom. The number of hydrogen-bond donors (Lipinski definition) is 2. The van der Waals surface area contributed by atoms with E-state index in [0.717, 1.165) is 57.4 Å². The van der Waals surface area contributed by atoms with Gasteiger partial charge in [-0.3, -0.25) is 4.79 Å². The number of benzene rings is 4. The fourth-order valence-electron chi connectivity index (χ4n) is 4.84. The van der Waals surface area contributed by atoms with Gasteiger partial charge in [-0.2, -0.15) is 0 Å². The van der Waals surface area contributed by atoms with Gasteiger partial charge in [-0.1, -0.05) is 84.9 Å². The molecule has 1 aliphatic carbocycles. The number of amides is 1. The van der Waals surface area contributed by atoms with Gasteiger partial charge in [0.2, 0.25) is 5.91 Å². The second-order valence-corrected chi connectivity index (χ2v) is 9.32. The summed E-state index contributed by atoms with van der Waals surface area (Å²) in [5.74, 6) is 0.360. The molecule has 5 aromatic rings. The predicted octanol–water partition coefficient (Wildman–Crippen LogP) is 6.33. The van der Waals surface area contributed by atoms with Crippen molar-refractivity contribution in [2.45, 2.75) is 19.3 Å². The van der Waals surface area contributed by atoms with Crippen molar-refractivity contribution < 1.29 is 4.79 Å². The zero-order valence-electron chi connectivity index (χ0n) is 20.3. The maximum absolute atomic E-state index is 13.1. The predicted molar refractivity (Wildman–Crippen MR) is 151 cm³/mol. The maximum Gasteiger partial charge on any atom is 0.230 e. The van der Waals surface area contributed by atoms with Crippen LogP contribution in [0.25, 0.3) is 34.2 Å². The molecule has 4 aromatic carbocycles. The summed E-state index contributed by atoms with van der Waals surface area (Å²) in [6.07, 6.45) is 5.75. The van der Waals surface area contributed by atoms with Crippen molar-refractivity contribution in [2.24, 2.45) is 0 Å². The van der Waals surface area contributed by atoms with Crippen molar-refractivity contribution in [1.82, 2.24) is 9.97 Å². The van der Waals surface area contributed by atoms with Crippen LogP contribution in [-0.4, -0.2) is 15.9 Å². The molecule has 1 aromatic heterocycles. The molecule has 5 nitrogen and oxygen atoms in total. The quantitative estimate of drug-likeness (QED) is 0.287. The molecule has 3 N–H and O–H groups in total. The Balaban J connectivity index is 1.34. The molecule has 0 bridgehead atoms. The minimum Gasteiger partial charge on any atom is -0.399 e. The van der Waals surface area contributed by atoms with E-state index in [9.17, 15) is 4.79 Å². The van der Waals surface area contributed by atoms with E-state index in [2.05, 4.69) is 29.6 Å². The molecule has 1 heterocycles. The first-order chi connectivity index (χ1) is 18.1. The molecule has 0 spiro atoms. The van der Waals surface area contributed by atoms with Crippen LogP contribution in [0.1, 0.15) is 28.1 Å². The summed E-state index contributed by atoms with van der Waals surface area (Å²) in [5.41, 5.74) is 13.3. The molecular weight excluding hydrogens is 456 g/mol. The molecule has 5 heteroatoms. The highest BCUT2D eigenvalue weighted by Crippen LogP contribution is 2.34. The van der Waals surface area contributed by atoms with E-state index >= 15 is 0 Å². The van der Waals surface area contributed by atoms with Crippen LogP contribution in [0.2, 0.25) is 0 Å². The first-order valence-corrected chi connectivity index (χ1v) is 12.4. The Kier molecular flexibility index (Phi) is 5.95. The summed E-state index contributed by atoms with van der Waals surface area (Å²) < 4.78 is 0. The topological polar surface area (TPSA) is 80.9 Å². The zero-order valence-corrected chi connectivity index (χ0v) is 20.3. The number of nitrogens with two attached hydrogens (primary N) is 1. The summed E-state index contributed by atoms with van der Waals surface area (Å²) in [4.78, 5) is 23.0. The zero-order chi connectivity index (χ0) is 25.2. The van der Waals surface area contributed by atoms with Crippen LogP contribution in [-0.2, 0) is 24.1 Å². The van der Waals surface area contributed by atoms with E-state index in [1.54, 1.807) is 0 Å². The SMILES string of the molecule is Nc1ccc2c(c1)CCc1nc(NC(=O)Cc3ccc4ccccc4c3)c(C=Cc3ccccc3)nc1-2. The molecule has 0 fully saturated rings. The molecule has 0 unspecified atom stereocenters. The molecule has 0 saturated carbocycles. The monoisotopic (exact) mass is 482 g/mol. The number of nitrogens with zero attached hydrogens (tertiary/aromatic N) is 2. The van der Waals surface area contributed by atoms with Gasteiger partial charge in [-0.25, -0.2) is 9.97 Å². The van der Waals surface area contributed by atoms with Crippen molar-refractivity contribution >= 4 is 40.3 Å². The second kappa shape index (κ2) is 9.70. The van der Waals surface area contributed by atoms with Crippen LogP contribution in [0, 0.1) is 0 Å². The Labute approximate surface area is 215 Å². The van der Waals surface area contributed by atoms with Gasteiger partial charge in [0, 0.05) is 11.3 Å². The molecule has 0 atom stereocenters. The standard InChI is InChI=1S/C32H26N4O/c33-26-14-15-27-25(20-26)13-17-28-31(27)34-29(16-11-21-6-2-1-3-7-21)32(35-28)36-30(37)19-22-10-12-23-8-4-5-9-24(23)18-22/h1-12,14-16,18,20H,13,17,19,33H2,(H,35,36,37). The van der Waals surface area contributed by atoms with Crippen molar-refractivity contribution in [3.63, 3.8) is 0 Å². The fraction of sp³-hybridized carbons (Fsp3) is 0.0938. The Morgan fingerprint density at radius 2 is 1.65 bits per heavy atom. The minimum absolute atomic E-state index is 0.122. The number of carbonyl (C=O) groups is 1. The van der Waals surface area contributed by atoms with Crippen molar-refractivity contribution in [3.05, 3.63) is 119 Å². The van der Waals surface area contributed by atoms with E-state index in [0.29, 0.717) is 11.5 Å². The number of hydrogen-bond acceptors (Lipinski definition) is 4. The van der Waals surface area contributed by atoms with Crippen LogP contribution >= 0.6 is 0 Å². The normalized spacial score (nSPS) is 12.3. The van der Waals surface area contributed by atoms with Gasteiger partial charge in [0.25, 0.3) is 0 Å². The Morgan fingerprint density at radius 1 is 0.838 bits per heavy atom. The average Bonchev–Trinajstić information content (AvgIpc) is 2.92. The largest absolute Gasteiger partial charge is 0.399 e. The third kappa shape index (κ3) is 4.84. The third-order valence-electron chi connectivity index (χ3n) is 6.68. The first kappa shape index (κ1) is 22.7. The number of nitrogens with one attached hydrogen (secondary N) is 1. The van der Waals surface area contributed by atoms with E-state index in [1.807, 2.05) is 78.9 Å². The van der Waals surface area contributed by atoms with Gasteiger partial charge in [-0.05, 0) is 58.5 Å². The highest BCUT2D eigenvalue weighted by molar-refractivity contribution is 5.94. The lowest BCUT2D eigenvalue weighted by Gasteiger charge is -2.20. The molecule has 1 amide bonds. The lowest BCUT2D eigenvalue weighted by atomic mass is 9.91. The first-order valence-electron chi connectivity index (χ1n) is 12.4. The molecule has 6 rings (SSSR count). The van der Waals surface area contributed by atoms with Crippen LogP contribution in [0.4, 0.5) is 11.5 Å². The van der Waals surface area contributed by atoms with E-state index in [1.165, 1.54) is 5.56 Å². The second-order valence-electron chi connectivity index (χ2n) is 9.32. The smallest absolute Gasteiger partial charge is 0.230 e. The molecule has 180 valence electrons. The molecule has 0 radical (unpaired) electrons. The number of anilines is 2. The lowest BCUT2D eigenvalue weighted by molar-refractivity contribution is -0.115. The molecule has 1 aliphatic rings. The van der Waals surface area contributed by atoms with E-state index < -0.39 is 0 Å². The highest BCUT2D eigenvalue weighted by Gasteiger charge is 2.22. The number of carbonyl (C=O) groups excluding carboxylic acids is 1. The number of nitrogen functional groups attached to an aromatic ring is 1. The van der Waals surface area contributed by atoms with Gasteiger partial charge in [0.05, 0.1) is 17.8 Å². The number of aryl methyl sites for hydroxylation is 2. The maximum atomic E-state index is 13.1. The molecular formula is C32H26N4O. The molecule has 0 saturated heterocycles. The van der Waals surface area contributed by atoms with Crippen LogP contribution in [0.5, 0.6) is 0 Å². The van der Waals surface area contributed by atoms with Crippen molar-refractivity contribution in [2.75, 3.05) is 11.1 Å². The van der Waals surface area contributed by atoms with E-state index in [-0.39, 0.29) is 12.3 Å².